The highest BCUT2D eigenvalue weighted by Gasteiger charge is 2.19. The number of anilines is 1. The van der Waals surface area contributed by atoms with Crippen molar-refractivity contribution in [3.05, 3.63) is 94.0 Å². The van der Waals surface area contributed by atoms with Crippen LogP contribution in [0.3, 0.4) is 0 Å². The van der Waals surface area contributed by atoms with Crippen LogP contribution in [0.15, 0.2) is 66.7 Å². The molecule has 6 nitrogen and oxygen atoms in total. The van der Waals surface area contributed by atoms with Crippen molar-refractivity contribution < 1.29 is 17.9 Å². The molecule has 0 saturated carbocycles. The van der Waals surface area contributed by atoms with Gasteiger partial charge in [-0.15, -0.1) is 0 Å². The fraction of sp³-hybridized carbons (Fsp3) is 0.240. The number of carbonyl (C=O) groups is 1. The van der Waals surface area contributed by atoms with Crippen LogP contribution >= 0.6 is 11.6 Å². The fourth-order valence-electron chi connectivity index (χ4n) is 3.35. The zero-order valence-electron chi connectivity index (χ0n) is 18.8. The number of nitrogens with zero attached hydrogens (tertiary/aromatic N) is 1. The molecule has 0 saturated heterocycles. The van der Waals surface area contributed by atoms with E-state index in [4.69, 9.17) is 16.3 Å². The summed E-state index contributed by atoms with van der Waals surface area (Å²) in [5.41, 5.74) is 3.78. The van der Waals surface area contributed by atoms with Gasteiger partial charge in [0.05, 0.1) is 25.0 Å². The van der Waals surface area contributed by atoms with Gasteiger partial charge in [0, 0.05) is 10.6 Å². The van der Waals surface area contributed by atoms with Gasteiger partial charge in [-0.1, -0.05) is 47.5 Å². The van der Waals surface area contributed by atoms with Crippen LogP contribution in [0, 0.1) is 13.8 Å². The van der Waals surface area contributed by atoms with E-state index < -0.39 is 10.0 Å². The van der Waals surface area contributed by atoms with E-state index in [2.05, 4.69) is 5.32 Å². The molecule has 1 N–H and O–H groups in total. The van der Waals surface area contributed by atoms with E-state index in [0.29, 0.717) is 35.0 Å². The van der Waals surface area contributed by atoms with Crippen molar-refractivity contribution in [2.45, 2.75) is 20.4 Å². The maximum Gasteiger partial charge on any atom is 0.251 e. The average molecular weight is 487 g/mol. The first-order valence-corrected chi connectivity index (χ1v) is 12.7. The Morgan fingerprint density at radius 1 is 1.03 bits per heavy atom. The lowest BCUT2D eigenvalue weighted by Crippen LogP contribution is -2.30. The van der Waals surface area contributed by atoms with Gasteiger partial charge in [-0.2, -0.15) is 0 Å². The zero-order valence-corrected chi connectivity index (χ0v) is 20.4. The zero-order chi connectivity index (χ0) is 24.0. The van der Waals surface area contributed by atoms with E-state index in [1.165, 1.54) is 4.31 Å². The maximum absolute atomic E-state index is 12.5. The molecule has 8 heteroatoms. The number of nitrogens with one attached hydrogen (secondary N) is 1. The maximum atomic E-state index is 12.5. The topological polar surface area (TPSA) is 75.7 Å². The van der Waals surface area contributed by atoms with Crippen LogP contribution in [-0.4, -0.2) is 33.7 Å². The molecular formula is C25H27ClN2O4S. The highest BCUT2D eigenvalue weighted by molar-refractivity contribution is 7.92. The van der Waals surface area contributed by atoms with Crippen LogP contribution in [0.1, 0.15) is 27.0 Å². The number of carbonyl (C=O) groups excluding carboxylic acids is 1. The molecule has 0 aliphatic rings. The van der Waals surface area contributed by atoms with Gasteiger partial charge in [-0.3, -0.25) is 9.10 Å². The van der Waals surface area contributed by atoms with E-state index >= 15 is 0 Å². The van der Waals surface area contributed by atoms with Gasteiger partial charge in [-0.05, 0) is 61.4 Å². The Hall–Kier alpha value is -3.03. The molecular weight excluding hydrogens is 460 g/mol. The molecule has 0 atom stereocenters. The van der Waals surface area contributed by atoms with E-state index in [0.717, 1.165) is 23.1 Å². The number of amides is 1. The minimum atomic E-state index is -3.56. The number of hydrogen-bond donors (Lipinski definition) is 1. The van der Waals surface area contributed by atoms with Crippen LogP contribution in [-0.2, 0) is 16.6 Å². The van der Waals surface area contributed by atoms with E-state index in [1.54, 1.807) is 48.5 Å². The third-order valence-corrected chi connectivity index (χ3v) is 6.57. The van der Waals surface area contributed by atoms with Crippen molar-refractivity contribution in [1.82, 2.24) is 5.32 Å². The molecule has 0 fully saturated rings. The second kappa shape index (κ2) is 10.7. The molecule has 3 aromatic rings. The minimum Gasteiger partial charge on any atom is -0.491 e. The fourth-order valence-corrected chi connectivity index (χ4v) is 4.42. The van der Waals surface area contributed by atoms with Crippen LogP contribution < -0.4 is 14.4 Å². The molecule has 0 bridgehead atoms. The molecule has 0 radical (unpaired) electrons. The Morgan fingerprint density at radius 3 is 2.36 bits per heavy atom. The Morgan fingerprint density at radius 2 is 1.73 bits per heavy atom. The average Bonchev–Trinajstić information content (AvgIpc) is 2.76. The highest BCUT2D eigenvalue weighted by Crippen LogP contribution is 2.24. The molecule has 0 aromatic heterocycles. The summed E-state index contributed by atoms with van der Waals surface area (Å²) in [5.74, 6) is 0.529. The monoisotopic (exact) mass is 486 g/mol. The lowest BCUT2D eigenvalue weighted by atomic mass is 10.1. The van der Waals surface area contributed by atoms with Crippen molar-refractivity contribution in [3.8, 4) is 5.75 Å². The van der Waals surface area contributed by atoms with Crippen LogP contribution in [0.4, 0.5) is 5.69 Å². The van der Waals surface area contributed by atoms with Gasteiger partial charge in [0.25, 0.3) is 5.91 Å². The molecule has 0 spiro atoms. The van der Waals surface area contributed by atoms with Gasteiger partial charge >= 0.3 is 0 Å². The predicted molar refractivity (Wildman–Crippen MR) is 133 cm³/mol. The lowest BCUT2D eigenvalue weighted by molar-refractivity contribution is 0.0947. The lowest BCUT2D eigenvalue weighted by Gasteiger charge is -2.23. The first kappa shape index (κ1) is 24.6. The minimum absolute atomic E-state index is 0.0970. The first-order valence-electron chi connectivity index (χ1n) is 10.4. The number of hydrogen-bond acceptors (Lipinski definition) is 4. The Bertz CT molecular complexity index is 1230. The summed E-state index contributed by atoms with van der Waals surface area (Å²) in [4.78, 5) is 12.5. The molecule has 3 rings (SSSR count). The van der Waals surface area contributed by atoms with Crippen molar-refractivity contribution in [1.29, 1.82) is 0 Å². The van der Waals surface area contributed by atoms with E-state index in [-0.39, 0.29) is 12.5 Å². The number of ether oxygens (including phenoxy) is 1. The third kappa shape index (κ3) is 6.73. The van der Waals surface area contributed by atoms with Crippen molar-refractivity contribution in [2.24, 2.45) is 0 Å². The Kier molecular flexibility index (Phi) is 8.00. The normalized spacial score (nSPS) is 11.2. The van der Waals surface area contributed by atoms with Crippen molar-refractivity contribution in [2.75, 3.05) is 23.7 Å². The summed E-state index contributed by atoms with van der Waals surface area (Å²) in [6.45, 7) is 4.78. The molecule has 1 amide bonds. The number of halogens is 1. The quantitative estimate of drug-likeness (QED) is 0.443. The summed E-state index contributed by atoms with van der Waals surface area (Å²) >= 11 is 6.20. The highest BCUT2D eigenvalue weighted by atomic mass is 35.5. The van der Waals surface area contributed by atoms with Crippen LogP contribution in [0.25, 0.3) is 0 Å². The van der Waals surface area contributed by atoms with Crippen LogP contribution in [0.2, 0.25) is 5.02 Å². The predicted octanol–water partition coefficient (Wildman–Crippen LogP) is 4.73. The van der Waals surface area contributed by atoms with Gasteiger partial charge < -0.3 is 10.1 Å². The Balaban J connectivity index is 1.61. The number of rotatable bonds is 9. The number of sulfonamides is 1. The molecule has 0 aliphatic heterocycles. The summed E-state index contributed by atoms with van der Waals surface area (Å²) in [6, 6.07) is 19.4. The Labute approximate surface area is 200 Å². The van der Waals surface area contributed by atoms with E-state index in [9.17, 15) is 13.2 Å². The second-order valence-corrected chi connectivity index (χ2v) is 10.1. The largest absolute Gasteiger partial charge is 0.491 e. The summed E-state index contributed by atoms with van der Waals surface area (Å²) in [6.07, 6.45) is 1.14. The smallest absolute Gasteiger partial charge is 0.251 e. The van der Waals surface area contributed by atoms with Gasteiger partial charge in [0.2, 0.25) is 10.0 Å². The van der Waals surface area contributed by atoms with Crippen LogP contribution in [0.5, 0.6) is 5.75 Å². The standard InChI is InChI=1S/C25H27ClN2O4S/c1-18-8-13-24(19(2)16-18)32-15-14-27-25(29)20-9-11-22(12-10-20)28(33(3,30)31)17-21-6-4-5-7-23(21)26/h4-13,16H,14-15,17H2,1-3H3,(H,27,29). The summed E-state index contributed by atoms with van der Waals surface area (Å²) in [7, 11) is -3.56. The molecule has 0 unspecified atom stereocenters. The van der Waals surface area contributed by atoms with Crippen molar-refractivity contribution >= 4 is 33.2 Å². The first-order chi connectivity index (χ1) is 15.6. The molecule has 174 valence electrons. The SMILES string of the molecule is Cc1ccc(OCCNC(=O)c2ccc(N(Cc3ccccc3Cl)S(C)(=O)=O)cc2)c(C)c1. The molecule has 3 aromatic carbocycles. The second-order valence-electron chi connectivity index (χ2n) is 7.78. The number of aryl methyl sites for hydroxylation is 2. The molecule has 0 heterocycles. The van der Waals surface area contributed by atoms with Crippen molar-refractivity contribution in [3.63, 3.8) is 0 Å². The molecule has 0 aliphatic carbocycles. The summed E-state index contributed by atoms with van der Waals surface area (Å²) < 4.78 is 31.8. The molecule has 33 heavy (non-hydrogen) atoms. The number of benzene rings is 3. The summed E-state index contributed by atoms with van der Waals surface area (Å²) in [5, 5.41) is 3.30. The van der Waals surface area contributed by atoms with Gasteiger partial charge in [-0.25, -0.2) is 8.42 Å². The third-order valence-electron chi connectivity index (χ3n) is 5.07. The van der Waals surface area contributed by atoms with Gasteiger partial charge in [0.1, 0.15) is 12.4 Å². The van der Waals surface area contributed by atoms with Gasteiger partial charge in [0.15, 0.2) is 0 Å². The van der Waals surface area contributed by atoms with E-state index in [1.807, 2.05) is 32.0 Å².